The van der Waals surface area contributed by atoms with Gasteiger partial charge in [-0.3, -0.25) is 10.1 Å². The lowest BCUT2D eigenvalue weighted by Gasteiger charge is -2.09. The van der Waals surface area contributed by atoms with Crippen molar-refractivity contribution in [2.24, 2.45) is 0 Å². The number of hydrogen-bond donors (Lipinski definition) is 1. The fourth-order valence-electron chi connectivity index (χ4n) is 1.65. The van der Waals surface area contributed by atoms with Crippen molar-refractivity contribution in [2.45, 2.75) is 23.9 Å². The van der Waals surface area contributed by atoms with Crippen LogP contribution in [0.25, 0.3) is 0 Å². The van der Waals surface area contributed by atoms with E-state index in [1.165, 1.54) is 29.2 Å². The van der Waals surface area contributed by atoms with Gasteiger partial charge in [0.2, 0.25) is 0 Å². The molecule has 0 amide bonds. The molecule has 0 saturated heterocycles. The van der Waals surface area contributed by atoms with Crippen LogP contribution in [-0.2, 0) is 5.75 Å². The van der Waals surface area contributed by atoms with Crippen LogP contribution in [-0.4, -0.2) is 21.7 Å². The second-order valence-electron chi connectivity index (χ2n) is 4.00. The molecule has 1 aromatic carbocycles. The number of nitro benzene ring substituents is 1. The predicted molar refractivity (Wildman–Crippen MR) is 81.5 cm³/mol. The molecule has 20 heavy (non-hydrogen) atoms. The van der Waals surface area contributed by atoms with Crippen LogP contribution in [0, 0.1) is 17.0 Å². The zero-order chi connectivity index (χ0) is 14.5. The summed E-state index contributed by atoms with van der Waals surface area (Å²) < 4.78 is 0.872. The van der Waals surface area contributed by atoms with E-state index in [0.29, 0.717) is 5.75 Å². The molecule has 2 aromatic rings. The Morgan fingerprint density at radius 1 is 1.45 bits per heavy atom. The van der Waals surface area contributed by atoms with Gasteiger partial charge in [-0.1, -0.05) is 23.1 Å². The third-order valence-electron chi connectivity index (χ3n) is 2.53. The van der Waals surface area contributed by atoms with E-state index in [9.17, 15) is 10.1 Å². The summed E-state index contributed by atoms with van der Waals surface area (Å²) in [5.41, 5.74) is 1.93. The van der Waals surface area contributed by atoms with Gasteiger partial charge in [0.25, 0.3) is 5.69 Å². The highest BCUT2D eigenvalue weighted by molar-refractivity contribution is 8.00. The molecule has 0 unspecified atom stereocenters. The first kappa shape index (κ1) is 14.7. The van der Waals surface area contributed by atoms with Crippen molar-refractivity contribution in [1.82, 2.24) is 10.2 Å². The minimum atomic E-state index is -0.376. The van der Waals surface area contributed by atoms with Crippen LogP contribution in [0.4, 0.5) is 11.4 Å². The van der Waals surface area contributed by atoms with Gasteiger partial charge >= 0.3 is 0 Å². The molecule has 0 aliphatic heterocycles. The van der Waals surface area contributed by atoms with Gasteiger partial charge in [0.15, 0.2) is 4.34 Å². The number of rotatable bonds is 6. The Balaban J connectivity index is 2.18. The van der Waals surface area contributed by atoms with Crippen molar-refractivity contribution in [1.29, 1.82) is 0 Å². The van der Waals surface area contributed by atoms with Crippen LogP contribution in [0.5, 0.6) is 0 Å². The van der Waals surface area contributed by atoms with Crippen LogP contribution < -0.4 is 5.32 Å². The van der Waals surface area contributed by atoms with Gasteiger partial charge in [-0.2, -0.15) is 0 Å². The molecule has 0 atom stereocenters. The van der Waals surface area contributed by atoms with Crippen LogP contribution in [0.15, 0.2) is 22.5 Å². The number of aromatic nitrogens is 2. The lowest BCUT2D eigenvalue weighted by molar-refractivity contribution is -0.384. The molecule has 0 aliphatic carbocycles. The quantitative estimate of drug-likeness (QED) is 0.500. The number of anilines is 1. The van der Waals surface area contributed by atoms with E-state index >= 15 is 0 Å². The molecule has 6 nitrogen and oxygen atoms in total. The second-order valence-corrected chi connectivity index (χ2v) is 6.41. The standard InChI is InChI=1S/C12H14N4O2S2/c1-3-13-11-5-4-10(16(17)18)6-9(11)7-19-12-15-14-8(2)20-12/h4-6,13H,3,7H2,1-2H3. The van der Waals surface area contributed by atoms with Crippen LogP contribution in [0.2, 0.25) is 0 Å². The molecule has 106 valence electrons. The number of hydrogen-bond acceptors (Lipinski definition) is 7. The summed E-state index contributed by atoms with van der Waals surface area (Å²) >= 11 is 3.06. The maximum Gasteiger partial charge on any atom is 0.269 e. The van der Waals surface area contributed by atoms with Gasteiger partial charge in [0.1, 0.15) is 5.01 Å². The normalized spacial score (nSPS) is 10.5. The number of aryl methyl sites for hydroxylation is 1. The van der Waals surface area contributed by atoms with Crippen molar-refractivity contribution in [3.63, 3.8) is 0 Å². The van der Waals surface area contributed by atoms with E-state index in [2.05, 4.69) is 15.5 Å². The SMILES string of the molecule is CCNc1ccc([N+](=O)[O-])cc1CSc1nnc(C)s1. The molecule has 1 heterocycles. The second kappa shape index (κ2) is 6.67. The average molecular weight is 310 g/mol. The lowest BCUT2D eigenvalue weighted by Crippen LogP contribution is -2.01. The number of non-ortho nitro benzene ring substituents is 1. The monoisotopic (exact) mass is 310 g/mol. The van der Waals surface area contributed by atoms with Crippen molar-refractivity contribution in [3.8, 4) is 0 Å². The highest BCUT2D eigenvalue weighted by Gasteiger charge is 2.12. The lowest BCUT2D eigenvalue weighted by atomic mass is 10.2. The zero-order valence-corrected chi connectivity index (χ0v) is 12.8. The van der Waals surface area contributed by atoms with Gasteiger partial charge in [0, 0.05) is 30.1 Å². The van der Waals surface area contributed by atoms with E-state index in [-0.39, 0.29) is 10.6 Å². The molecule has 0 bridgehead atoms. The van der Waals surface area contributed by atoms with Gasteiger partial charge in [-0.05, 0) is 25.5 Å². The largest absolute Gasteiger partial charge is 0.385 e. The van der Waals surface area contributed by atoms with Gasteiger partial charge in [0.05, 0.1) is 4.92 Å². The Bertz CT molecular complexity index is 615. The maximum absolute atomic E-state index is 10.9. The Morgan fingerprint density at radius 3 is 2.85 bits per heavy atom. The smallest absolute Gasteiger partial charge is 0.269 e. The Labute approximate surface area is 124 Å². The van der Waals surface area contributed by atoms with Crippen molar-refractivity contribution < 1.29 is 4.92 Å². The first-order valence-electron chi connectivity index (χ1n) is 6.04. The van der Waals surface area contributed by atoms with E-state index in [4.69, 9.17) is 0 Å². The fourth-order valence-corrected chi connectivity index (χ4v) is 3.46. The summed E-state index contributed by atoms with van der Waals surface area (Å²) in [5, 5.41) is 23.0. The van der Waals surface area contributed by atoms with E-state index in [1.54, 1.807) is 12.1 Å². The Hall–Kier alpha value is -1.67. The first-order valence-corrected chi connectivity index (χ1v) is 7.84. The molecule has 1 aromatic heterocycles. The highest BCUT2D eigenvalue weighted by Crippen LogP contribution is 2.30. The minimum Gasteiger partial charge on any atom is -0.385 e. The highest BCUT2D eigenvalue weighted by atomic mass is 32.2. The number of nitrogens with zero attached hydrogens (tertiary/aromatic N) is 3. The van der Waals surface area contributed by atoms with Crippen LogP contribution in [0.3, 0.4) is 0 Å². The number of nitrogens with one attached hydrogen (secondary N) is 1. The molecule has 0 aliphatic rings. The summed E-state index contributed by atoms with van der Waals surface area (Å²) in [5.74, 6) is 0.624. The number of benzene rings is 1. The summed E-state index contributed by atoms with van der Waals surface area (Å²) in [6.45, 7) is 4.67. The molecule has 8 heteroatoms. The van der Waals surface area contributed by atoms with Crippen molar-refractivity contribution >= 4 is 34.5 Å². The van der Waals surface area contributed by atoms with Gasteiger partial charge in [-0.25, -0.2) is 0 Å². The molecular formula is C12H14N4O2S2. The summed E-state index contributed by atoms with van der Waals surface area (Å²) in [7, 11) is 0. The average Bonchev–Trinajstić information content (AvgIpc) is 2.83. The van der Waals surface area contributed by atoms with Crippen LogP contribution >= 0.6 is 23.1 Å². The fraction of sp³-hybridized carbons (Fsp3) is 0.333. The van der Waals surface area contributed by atoms with Gasteiger partial charge in [-0.15, -0.1) is 10.2 Å². The van der Waals surface area contributed by atoms with Crippen molar-refractivity contribution in [2.75, 3.05) is 11.9 Å². The van der Waals surface area contributed by atoms with Gasteiger partial charge < -0.3 is 5.32 Å². The molecule has 0 radical (unpaired) electrons. The minimum absolute atomic E-state index is 0.107. The maximum atomic E-state index is 10.9. The zero-order valence-electron chi connectivity index (χ0n) is 11.1. The van der Waals surface area contributed by atoms with E-state index < -0.39 is 0 Å². The van der Waals surface area contributed by atoms with E-state index in [1.807, 2.05) is 13.8 Å². The molecular weight excluding hydrogens is 296 g/mol. The molecule has 1 N–H and O–H groups in total. The van der Waals surface area contributed by atoms with E-state index in [0.717, 1.165) is 27.1 Å². The molecule has 0 fully saturated rings. The summed E-state index contributed by atoms with van der Waals surface area (Å²) in [6, 6.07) is 4.88. The van der Waals surface area contributed by atoms with Crippen LogP contribution in [0.1, 0.15) is 17.5 Å². The Morgan fingerprint density at radius 2 is 2.25 bits per heavy atom. The Kier molecular flexibility index (Phi) is 4.91. The van der Waals surface area contributed by atoms with Crippen molar-refractivity contribution in [3.05, 3.63) is 38.9 Å². The predicted octanol–water partition coefficient (Wildman–Crippen LogP) is 3.48. The first-order chi connectivity index (χ1) is 9.60. The summed E-state index contributed by atoms with van der Waals surface area (Å²) in [4.78, 5) is 10.5. The molecule has 0 spiro atoms. The summed E-state index contributed by atoms with van der Waals surface area (Å²) in [6.07, 6.45) is 0. The number of thioether (sulfide) groups is 1. The number of nitro groups is 1. The topological polar surface area (TPSA) is 81.0 Å². The third-order valence-corrected chi connectivity index (χ3v) is 4.55. The molecule has 0 saturated carbocycles. The molecule has 2 rings (SSSR count). The third kappa shape index (κ3) is 3.67.